The molecule has 3 heterocycles. The van der Waals surface area contributed by atoms with E-state index in [2.05, 4.69) is 4.99 Å². The predicted molar refractivity (Wildman–Crippen MR) is 184 cm³/mol. The van der Waals surface area contributed by atoms with E-state index < -0.39 is 89.0 Å². The van der Waals surface area contributed by atoms with Crippen molar-refractivity contribution >= 4 is 35.1 Å². The lowest BCUT2D eigenvalue weighted by atomic mass is 9.68. The van der Waals surface area contributed by atoms with Gasteiger partial charge in [0.25, 0.3) is 0 Å². The van der Waals surface area contributed by atoms with Crippen molar-refractivity contribution in [1.29, 1.82) is 0 Å². The Morgan fingerprint density at radius 2 is 1.68 bits per heavy atom. The highest BCUT2D eigenvalue weighted by atomic mass is 16.7. The van der Waals surface area contributed by atoms with Gasteiger partial charge in [0, 0.05) is 37.8 Å². The zero-order valence-corrected chi connectivity index (χ0v) is 32.0. The lowest BCUT2D eigenvalue weighted by Crippen LogP contribution is -2.60. The molecule has 0 spiro atoms. The number of ether oxygens (including phenoxy) is 5. The molecular formula is C37H60N2O11. The van der Waals surface area contributed by atoms with Crippen molar-refractivity contribution in [3.63, 3.8) is 0 Å². The standard InChI is InChI=1S/C37H60N2O11/c1-13-29-37(10,45)27-15-14-26(42)18-46-36(9,17-19(2)30(21(27)4)38-24(7)40)33(22(5)31(43)23(6)34(44)49-29)50-35-32(48-25(8)41)28(39(11)12)16-20(3)47-35/h19-23,27-29,32-33,35,45H,13-18H2,1-12H3/t19-,20-,21-,22+,23-,27-,28+,29-,32-,33-,35+,36-,37+/m1/s1. The SMILES string of the molecule is CC[C@H]1OC(=O)[C@H](C)C(=O)[C@H](C)[C@@H](O[C@@H]2O[C@H](C)C[C@H](N(C)C)[C@H]2OC(C)=O)[C@@]2(C)C[C@@H](C)C(=NC(C)=O)[C@H](C)[C@@H](CCC(=O)CO2)[C@]1(C)O. The lowest BCUT2D eigenvalue weighted by Gasteiger charge is -2.48. The molecule has 284 valence electrons. The van der Waals surface area contributed by atoms with E-state index in [4.69, 9.17) is 23.7 Å². The van der Waals surface area contributed by atoms with Gasteiger partial charge >= 0.3 is 11.9 Å². The summed E-state index contributed by atoms with van der Waals surface area (Å²) in [5.74, 6) is -6.43. The molecule has 13 atom stereocenters. The van der Waals surface area contributed by atoms with Gasteiger partial charge in [-0.15, -0.1) is 0 Å². The van der Waals surface area contributed by atoms with Gasteiger partial charge in [-0.3, -0.25) is 24.0 Å². The molecule has 13 nitrogen and oxygen atoms in total. The summed E-state index contributed by atoms with van der Waals surface area (Å²) in [6.45, 7) is 16.2. The summed E-state index contributed by atoms with van der Waals surface area (Å²) in [5.41, 5.74) is -2.56. The number of rotatable bonds is 5. The number of amides is 1. The summed E-state index contributed by atoms with van der Waals surface area (Å²) in [7, 11) is 3.73. The smallest absolute Gasteiger partial charge is 0.316 e. The van der Waals surface area contributed by atoms with Crippen molar-refractivity contribution in [1.82, 2.24) is 4.90 Å². The van der Waals surface area contributed by atoms with Gasteiger partial charge in [-0.2, -0.15) is 0 Å². The number of nitrogens with zero attached hydrogens (tertiary/aromatic N) is 2. The van der Waals surface area contributed by atoms with E-state index in [0.717, 1.165) is 0 Å². The molecular weight excluding hydrogens is 648 g/mol. The maximum atomic E-state index is 14.3. The molecule has 0 unspecified atom stereocenters. The number of cyclic esters (lactones) is 1. The summed E-state index contributed by atoms with van der Waals surface area (Å²) in [6.07, 6.45) is -3.36. The van der Waals surface area contributed by atoms with Gasteiger partial charge in [-0.1, -0.05) is 27.7 Å². The molecule has 3 rings (SSSR count). The second-order valence-electron chi connectivity index (χ2n) is 15.4. The van der Waals surface area contributed by atoms with E-state index in [0.29, 0.717) is 12.1 Å². The van der Waals surface area contributed by atoms with Gasteiger partial charge in [0.2, 0.25) is 5.91 Å². The van der Waals surface area contributed by atoms with Crippen molar-refractivity contribution in [2.24, 2.45) is 34.6 Å². The van der Waals surface area contributed by atoms with Crippen LogP contribution in [0.4, 0.5) is 0 Å². The number of carbonyl (C=O) groups excluding carboxylic acids is 5. The fourth-order valence-corrected chi connectivity index (χ4v) is 8.35. The molecule has 0 aliphatic carbocycles. The number of Topliss-reactive ketones (excluding diaryl/α,β-unsaturated/α-hetero) is 2. The van der Waals surface area contributed by atoms with Gasteiger partial charge in [-0.25, -0.2) is 4.99 Å². The molecule has 0 radical (unpaired) electrons. The largest absolute Gasteiger partial charge is 0.459 e. The number of fused-ring (bicyclic) bond motifs is 5. The third kappa shape index (κ3) is 9.44. The Morgan fingerprint density at radius 3 is 2.24 bits per heavy atom. The summed E-state index contributed by atoms with van der Waals surface area (Å²) in [4.78, 5) is 72.9. The number of esters is 2. The zero-order chi connectivity index (χ0) is 37.9. The van der Waals surface area contributed by atoms with Crippen molar-refractivity contribution in [2.45, 2.75) is 149 Å². The van der Waals surface area contributed by atoms with Gasteiger partial charge in [-0.05, 0) is 79.3 Å². The Labute approximate surface area is 297 Å². The Kier molecular flexibility index (Phi) is 14.1. The fraction of sp³-hybridized carbons (Fsp3) is 0.838. The summed E-state index contributed by atoms with van der Waals surface area (Å²) < 4.78 is 31.3. The van der Waals surface area contributed by atoms with Crippen molar-refractivity contribution in [3.05, 3.63) is 0 Å². The highest BCUT2D eigenvalue weighted by Gasteiger charge is 2.53. The third-order valence-corrected chi connectivity index (χ3v) is 11.0. The van der Waals surface area contributed by atoms with Crippen LogP contribution < -0.4 is 0 Å². The van der Waals surface area contributed by atoms with E-state index in [9.17, 15) is 29.1 Å². The first-order chi connectivity index (χ1) is 23.1. The fourth-order valence-electron chi connectivity index (χ4n) is 8.35. The average Bonchev–Trinajstić information content (AvgIpc) is 3.03. The molecule has 1 amide bonds. The first-order valence-corrected chi connectivity index (χ1v) is 18.0. The van der Waals surface area contributed by atoms with E-state index in [1.165, 1.54) is 20.8 Å². The first kappa shape index (κ1) is 41.8. The van der Waals surface area contributed by atoms with Crippen LogP contribution in [0.3, 0.4) is 0 Å². The molecule has 0 aromatic rings. The Hall–Kier alpha value is -2.58. The molecule has 2 bridgehead atoms. The van der Waals surface area contributed by atoms with Crippen molar-refractivity contribution in [2.75, 3.05) is 20.7 Å². The minimum absolute atomic E-state index is 0.0338. The summed E-state index contributed by atoms with van der Waals surface area (Å²) in [6, 6.07) is -0.293. The van der Waals surface area contributed by atoms with E-state index in [1.807, 2.05) is 39.8 Å². The van der Waals surface area contributed by atoms with Crippen LogP contribution in [0.15, 0.2) is 4.99 Å². The first-order valence-electron chi connectivity index (χ1n) is 18.0. The van der Waals surface area contributed by atoms with Crippen LogP contribution in [0.2, 0.25) is 0 Å². The van der Waals surface area contributed by atoms with E-state index in [1.54, 1.807) is 27.7 Å². The van der Waals surface area contributed by atoms with Gasteiger partial charge in [0.1, 0.15) is 24.2 Å². The molecule has 0 saturated carbocycles. The summed E-state index contributed by atoms with van der Waals surface area (Å²) >= 11 is 0. The normalized spacial score (nSPS) is 41.9. The second kappa shape index (κ2) is 16.8. The van der Waals surface area contributed by atoms with E-state index in [-0.39, 0.29) is 50.2 Å². The van der Waals surface area contributed by atoms with Gasteiger partial charge in [0.15, 0.2) is 24.0 Å². The Balaban J connectivity index is 2.32. The maximum Gasteiger partial charge on any atom is 0.316 e. The maximum absolute atomic E-state index is 14.3. The van der Waals surface area contributed by atoms with Crippen LogP contribution in [0.25, 0.3) is 0 Å². The summed E-state index contributed by atoms with van der Waals surface area (Å²) in [5, 5.41) is 12.2. The van der Waals surface area contributed by atoms with Crippen LogP contribution in [0.1, 0.15) is 101 Å². The van der Waals surface area contributed by atoms with Crippen LogP contribution in [-0.4, -0.2) is 114 Å². The van der Waals surface area contributed by atoms with Crippen LogP contribution in [0, 0.1) is 29.6 Å². The van der Waals surface area contributed by atoms with E-state index >= 15 is 0 Å². The van der Waals surface area contributed by atoms with Crippen molar-refractivity contribution < 1.29 is 52.8 Å². The molecule has 0 aromatic carbocycles. The number of hydrogen-bond donors (Lipinski definition) is 1. The molecule has 3 aliphatic rings. The Morgan fingerprint density at radius 1 is 1.04 bits per heavy atom. The highest BCUT2D eigenvalue weighted by molar-refractivity contribution is 6.00. The predicted octanol–water partition coefficient (Wildman–Crippen LogP) is 3.70. The minimum atomic E-state index is -1.65. The molecule has 50 heavy (non-hydrogen) atoms. The monoisotopic (exact) mass is 708 g/mol. The number of likely N-dealkylation sites (N-methyl/N-ethyl adjacent to an activating group) is 1. The number of carbonyl (C=O) groups is 5. The molecule has 3 aliphatic heterocycles. The topological polar surface area (TPSA) is 167 Å². The Bertz CT molecular complexity index is 1300. The number of aliphatic hydroxyl groups is 1. The molecule has 3 fully saturated rings. The molecule has 1 N–H and O–H groups in total. The van der Waals surface area contributed by atoms with Crippen LogP contribution >= 0.6 is 0 Å². The molecule has 3 saturated heterocycles. The molecule has 13 heteroatoms. The van der Waals surface area contributed by atoms with Crippen molar-refractivity contribution in [3.8, 4) is 0 Å². The number of ketones is 2. The van der Waals surface area contributed by atoms with Crippen LogP contribution in [0.5, 0.6) is 0 Å². The number of aliphatic imine (C=N–C) groups is 1. The van der Waals surface area contributed by atoms with Crippen LogP contribution in [-0.2, 0) is 47.7 Å². The lowest BCUT2D eigenvalue weighted by molar-refractivity contribution is -0.299. The minimum Gasteiger partial charge on any atom is -0.459 e. The second-order valence-corrected chi connectivity index (χ2v) is 15.4. The van der Waals surface area contributed by atoms with Gasteiger partial charge < -0.3 is 33.7 Å². The quantitative estimate of drug-likeness (QED) is 0.326. The zero-order valence-electron chi connectivity index (χ0n) is 32.0. The van der Waals surface area contributed by atoms with Gasteiger partial charge in [0.05, 0.1) is 23.9 Å². The third-order valence-electron chi connectivity index (χ3n) is 11.0. The average molecular weight is 709 g/mol. The number of hydrogen-bond acceptors (Lipinski definition) is 12. The highest BCUT2D eigenvalue weighted by Crippen LogP contribution is 2.42. The molecule has 0 aromatic heterocycles.